The molecule has 0 bridgehead atoms. The van der Waals surface area contributed by atoms with Gasteiger partial charge in [0.2, 0.25) is 0 Å². The molecule has 102 valence electrons. The Balaban J connectivity index is 2.06. The van der Waals surface area contributed by atoms with Gasteiger partial charge in [0.25, 0.3) is 0 Å². The molecule has 2 nitrogen and oxygen atoms in total. The van der Waals surface area contributed by atoms with Crippen molar-refractivity contribution in [2.75, 3.05) is 5.32 Å². The molecule has 0 amide bonds. The zero-order chi connectivity index (χ0) is 14.0. The van der Waals surface area contributed by atoms with E-state index in [2.05, 4.69) is 43.4 Å². The summed E-state index contributed by atoms with van der Waals surface area (Å²) in [5, 5.41) is 7.44. The van der Waals surface area contributed by atoms with Gasteiger partial charge in [-0.1, -0.05) is 38.4 Å². The van der Waals surface area contributed by atoms with Crippen LogP contribution >= 0.6 is 22.9 Å². The second kappa shape index (κ2) is 5.51. The maximum Gasteiger partial charge on any atom is 0.0982 e. The third-order valence-electron chi connectivity index (χ3n) is 2.85. The summed E-state index contributed by atoms with van der Waals surface area (Å²) in [5.41, 5.74) is 3.46. The standard InChI is InChI=1S/C15H19ClN2S/c1-10-5-6-11(16)7-13(10)17-8-12-9-19-14(18-12)15(2,3)4/h5-7,9,17H,8H2,1-4H3. The Labute approximate surface area is 123 Å². The summed E-state index contributed by atoms with van der Waals surface area (Å²) in [6.45, 7) is 9.35. The SMILES string of the molecule is Cc1ccc(Cl)cc1NCc1csc(C(C)(C)C)n1. The van der Waals surface area contributed by atoms with Crippen molar-refractivity contribution in [3.8, 4) is 0 Å². The first-order valence-corrected chi connectivity index (χ1v) is 7.57. The van der Waals surface area contributed by atoms with Crippen molar-refractivity contribution in [2.24, 2.45) is 0 Å². The fourth-order valence-electron chi connectivity index (χ4n) is 1.70. The van der Waals surface area contributed by atoms with Crippen molar-refractivity contribution < 1.29 is 0 Å². The topological polar surface area (TPSA) is 24.9 Å². The fourth-order valence-corrected chi connectivity index (χ4v) is 2.78. The van der Waals surface area contributed by atoms with Crippen LogP contribution in [0.15, 0.2) is 23.6 Å². The number of rotatable bonds is 3. The minimum Gasteiger partial charge on any atom is -0.379 e. The van der Waals surface area contributed by atoms with Crippen LogP contribution in [0.4, 0.5) is 5.69 Å². The van der Waals surface area contributed by atoms with Crippen LogP contribution in [0.3, 0.4) is 0 Å². The first kappa shape index (κ1) is 14.4. The maximum atomic E-state index is 6.01. The lowest BCUT2D eigenvalue weighted by Gasteiger charge is -2.13. The number of nitrogens with zero attached hydrogens (tertiary/aromatic N) is 1. The molecule has 0 aliphatic carbocycles. The molecular weight excluding hydrogens is 276 g/mol. The molecule has 0 fully saturated rings. The lowest BCUT2D eigenvalue weighted by Crippen LogP contribution is -2.11. The number of aryl methyl sites for hydroxylation is 1. The molecule has 4 heteroatoms. The highest BCUT2D eigenvalue weighted by Crippen LogP contribution is 2.26. The van der Waals surface area contributed by atoms with Crippen molar-refractivity contribution in [1.82, 2.24) is 4.98 Å². The molecule has 19 heavy (non-hydrogen) atoms. The van der Waals surface area contributed by atoms with E-state index in [1.807, 2.05) is 18.2 Å². The van der Waals surface area contributed by atoms with Crippen LogP contribution in [0.1, 0.15) is 37.0 Å². The van der Waals surface area contributed by atoms with Crippen LogP contribution in [0.2, 0.25) is 5.02 Å². The fraction of sp³-hybridized carbons (Fsp3) is 0.400. The highest BCUT2D eigenvalue weighted by molar-refractivity contribution is 7.09. The molecule has 0 aliphatic rings. The molecule has 1 N–H and O–H groups in total. The van der Waals surface area contributed by atoms with Gasteiger partial charge in [0.15, 0.2) is 0 Å². The summed E-state index contributed by atoms with van der Waals surface area (Å²) in [6.07, 6.45) is 0. The number of thiazole rings is 1. The number of nitrogens with one attached hydrogen (secondary N) is 1. The van der Waals surface area contributed by atoms with Gasteiger partial charge in [0.1, 0.15) is 0 Å². The quantitative estimate of drug-likeness (QED) is 0.860. The van der Waals surface area contributed by atoms with Crippen LogP contribution in [0.25, 0.3) is 0 Å². The Hall–Kier alpha value is -1.06. The average molecular weight is 295 g/mol. The van der Waals surface area contributed by atoms with E-state index in [1.54, 1.807) is 11.3 Å². The van der Waals surface area contributed by atoms with Gasteiger partial charge in [-0.25, -0.2) is 4.98 Å². The molecule has 1 aromatic carbocycles. The Bertz CT molecular complexity index is 570. The molecule has 2 aromatic rings. The smallest absolute Gasteiger partial charge is 0.0982 e. The summed E-state index contributed by atoms with van der Waals surface area (Å²) in [4.78, 5) is 4.67. The Morgan fingerprint density at radius 3 is 2.68 bits per heavy atom. The zero-order valence-corrected chi connectivity index (χ0v) is 13.3. The first-order chi connectivity index (χ1) is 8.86. The molecular formula is C15H19ClN2S. The lowest BCUT2D eigenvalue weighted by atomic mass is 9.98. The van der Waals surface area contributed by atoms with Crippen molar-refractivity contribution in [1.29, 1.82) is 0 Å². The zero-order valence-electron chi connectivity index (χ0n) is 11.7. The van der Waals surface area contributed by atoms with Gasteiger partial charge < -0.3 is 5.32 Å². The predicted octanol–water partition coefficient (Wildman–Crippen LogP) is 5.01. The maximum absolute atomic E-state index is 6.01. The summed E-state index contributed by atoms with van der Waals surface area (Å²) < 4.78 is 0. The van der Waals surface area contributed by atoms with Gasteiger partial charge in [0, 0.05) is 21.5 Å². The van der Waals surface area contributed by atoms with Crippen molar-refractivity contribution in [3.05, 3.63) is 44.9 Å². The molecule has 0 saturated carbocycles. The van der Waals surface area contributed by atoms with E-state index in [1.165, 1.54) is 10.6 Å². The van der Waals surface area contributed by atoms with Crippen LogP contribution in [-0.2, 0) is 12.0 Å². The summed E-state index contributed by atoms with van der Waals surface area (Å²) >= 11 is 7.73. The highest BCUT2D eigenvalue weighted by Gasteiger charge is 2.17. The molecule has 0 unspecified atom stereocenters. The largest absolute Gasteiger partial charge is 0.379 e. The van der Waals surface area contributed by atoms with Crippen LogP contribution in [-0.4, -0.2) is 4.98 Å². The third-order valence-corrected chi connectivity index (χ3v) is 4.40. The molecule has 0 saturated heterocycles. The number of halogens is 1. The number of anilines is 1. The van der Waals surface area contributed by atoms with Gasteiger partial charge in [0.05, 0.1) is 17.2 Å². The minimum atomic E-state index is 0.120. The minimum absolute atomic E-state index is 0.120. The van der Waals surface area contributed by atoms with Gasteiger partial charge in [-0.05, 0) is 24.6 Å². The first-order valence-electron chi connectivity index (χ1n) is 6.31. The van der Waals surface area contributed by atoms with E-state index >= 15 is 0 Å². The molecule has 0 atom stereocenters. The highest BCUT2D eigenvalue weighted by atomic mass is 35.5. The number of hydrogen-bond donors (Lipinski definition) is 1. The summed E-state index contributed by atoms with van der Waals surface area (Å²) in [7, 11) is 0. The van der Waals surface area contributed by atoms with Crippen LogP contribution in [0.5, 0.6) is 0 Å². The van der Waals surface area contributed by atoms with E-state index in [9.17, 15) is 0 Å². The predicted molar refractivity (Wildman–Crippen MR) is 84.3 cm³/mol. The van der Waals surface area contributed by atoms with Gasteiger partial charge in [-0.2, -0.15) is 0 Å². The normalized spacial score (nSPS) is 11.6. The summed E-state index contributed by atoms with van der Waals surface area (Å²) in [5.74, 6) is 0. The molecule has 0 radical (unpaired) electrons. The van der Waals surface area contributed by atoms with Crippen LogP contribution in [0, 0.1) is 6.92 Å². The molecule has 1 aromatic heterocycles. The van der Waals surface area contributed by atoms with E-state index in [0.29, 0.717) is 0 Å². The van der Waals surface area contributed by atoms with Gasteiger partial charge in [-0.3, -0.25) is 0 Å². The average Bonchev–Trinajstić information content (AvgIpc) is 2.79. The molecule has 1 heterocycles. The lowest BCUT2D eigenvalue weighted by molar-refractivity contribution is 0.583. The molecule has 0 aliphatic heterocycles. The molecule has 0 spiro atoms. The van der Waals surface area contributed by atoms with Crippen molar-refractivity contribution in [2.45, 2.75) is 39.7 Å². The second-order valence-corrected chi connectivity index (χ2v) is 7.00. The van der Waals surface area contributed by atoms with Crippen molar-refractivity contribution in [3.63, 3.8) is 0 Å². The van der Waals surface area contributed by atoms with E-state index < -0.39 is 0 Å². The Morgan fingerprint density at radius 1 is 1.32 bits per heavy atom. The van der Waals surface area contributed by atoms with Gasteiger partial charge >= 0.3 is 0 Å². The van der Waals surface area contributed by atoms with Gasteiger partial charge in [-0.15, -0.1) is 11.3 Å². The monoisotopic (exact) mass is 294 g/mol. The van der Waals surface area contributed by atoms with Crippen LogP contribution < -0.4 is 5.32 Å². The summed E-state index contributed by atoms with van der Waals surface area (Å²) in [6, 6.07) is 5.88. The van der Waals surface area contributed by atoms with E-state index in [-0.39, 0.29) is 5.41 Å². The van der Waals surface area contributed by atoms with E-state index in [4.69, 9.17) is 11.6 Å². The van der Waals surface area contributed by atoms with Crippen molar-refractivity contribution >= 4 is 28.6 Å². The molecule has 2 rings (SSSR count). The number of aromatic nitrogens is 1. The third kappa shape index (κ3) is 3.71. The second-order valence-electron chi connectivity index (χ2n) is 5.71. The Morgan fingerprint density at radius 2 is 2.05 bits per heavy atom. The van der Waals surface area contributed by atoms with E-state index in [0.717, 1.165) is 22.9 Å². The number of hydrogen-bond acceptors (Lipinski definition) is 3. The number of benzene rings is 1. The Kier molecular flexibility index (Phi) is 4.16.